The van der Waals surface area contributed by atoms with E-state index in [0.717, 1.165) is 13.0 Å². The summed E-state index contributed by atoms with van der Waals surface area (Å²) < 4.78 is 5.62. The van der Waals surface area contributed by atoms with Gasteiger partial charge in [0.1, 0.15) is 11.8 Å². The van der Waals surface area contributed by atoms with Crippen LogP contribution in [0.25, 0.3) is 0 Å². The van der Waals surface area contributed by atoms with Crippen molar-refractivity contribution in [1.29, 1.82) is 0 Å². The molecule has 128 valence electrons. The fraction of sp³-hybridized carbons (Fsp3) is 0.529. The Bertz CT molecular complexity index is 529. The first-order chi connectivity index (χ1) is 10.8. The summed E-state index contributed by atoms with van der Waals surface area (Å²) in [4.78, 5) is 25.4. The van der Waals surface area contributed by atoms with Crippen LogP contribution in [0.5, 0.6) is 5.75 Å². The van der Waals surface area contributed by atoms with Crippen LogP contribution in [0, 0.1) is 5.92 Å². The number of hydrogen-bond acceptors (Lipinski definition) is 4. The first-order valence-electron chi connectivity index (χ1n) is 7.72. The van der Waals surface area contributed by atoms with Crippen LogP contribution in [-0.4, -0.2) is 55.2 Å². The van der Waals surface area contributed by atoms with Gasteiger partial charge in [-0.2, -0.15) is 0 Å². The Labute approximate surface area is 137 Å². The van der Waals surface area contributed by atoms with Crippen LogP contribution in [0.15, 0.2) is 24.3 Å². The number of hydrogen-bond donors (Lipinski definition) is 2. The van der Waals surface area contributed by atoms with Gasteiger partial charge in [-0.25, -0.2) is 4.79 Å². The summed E-state index contributed by atoms with van der Waals surface area (Å²) in [6.07, 6.45) is 0.887. The van der Waals surface area contributed by atoms with Crippen LogP contribution in [0.4, 0.5) is 0 Å². The number of nitrogens with one attached hydrogen (secondary N) is 1. The van der Waals surface area contributed by atoms with E-state index < -0.39 is 17.9 Å². The monoisotopic (exact) mass is 322 g/mol. The second kappa shape index (κ2) is 9.15. The number of ether oxygens (including phenoxy) is 1. The predicted octanol–water partition coefficient (Wildman–Crippen LogP) is 1.86. The maximum absolute atomic E-state index is 12.2. The third-order valence-electron chi connectivity index (χ3n) is 3.33. The Morgan fingerprint density at radius 2 is 2.00 bits per heavy atom. The van der Waals surface area contributed by atoms with E-state index in [4.69, 9.17) is 9.84 Å². The van der Waals surface area contributed by atoms with Crippen LogP contribution in [0.3, 0.4) is 0 Å². The number of nitrogens with zero attached hydrogens (tertiary/aromatic N) is 1. The summed E-state index contributed by atoms with van der Waals surface area (Å²) >= 11 is 0. The van der Waals surface area contributed by atoms with Crippen molar-refractivity contribution in [2.75, 3.05) is 27.2 Å². The second-order valence-electron chi connectivity index (χ2n) is 6.07. The zero-order valence-corrected chi connectivity index (χ0v) is 14.2. The first kappa shape index (κ1) is 19.0. The molecule has 1 rings (SSSR count). The molecular weight excluding hydrogens is 296 g/mol. The van der Waals surface area contributed by atoms with Crippen molar-refractivity contribution < 1.29 is 19.4 Å². The molecule has 6 nitrogen and oxygen atoms in total. The van der Waals surface area contributed by atoms with Crippen LogP contribution < -0.4 is 10.1 Å². The predicted molar refractivity (Wildman–Crippen MR) is 88.8 cm³/mol. The number of amides is 1. The topological polar surface area (TPSA) is 78.9 Å². The molecule has 6 heteroatoms. The van der Waals surface area contributed by atoms with Crippen molar-refractivity contribution in [1.82, 2.24) is 10.2 Å². The highest BCUT2D eigenvalue weighted by Gasteiger charge is 2.24. The highest BCUT2D eigenvalue weighted by atomic mass is 16.5. The lowest BCUT2D eigenvalue weighted by molar-refractivity contribution is -0.140. The average Bonchev–Trinajstić information content (AvgIpc) is 2.48. The van der Waals surface area contributed by atoms with Gasteiger partial charge in [-0.1, -0.05) is 19.9 Å². The van der Waals surface area contributed by atoms with Gasteiger partial charge < -0.3 is 20.1 Å². The van der Waals surface area contributed by atoms with Crippen molar-refractivity contribution in [3.8, 4) is 5.75 Å². The summed E-state index contributed by atoms with van der Waals surface area (Å²) in [5.74, 6) is -1.04. The molecule has 2 N–H and O–H groups in total. The van der Waals surface area contributed by atoms with E-state index in [1.54, 1.807) is 38.1 Å². The highest BCUT2D eigenvalue weighted by molar-refractivity contribution is 5.96. The third-order valence-corrected chi connectivity index (χ3v) is 3.33. The Hall–Kier alpha value is -2.08. The number of rotatable bonds is 9. The van der Waals surface area contributed by atoms with Gasteiger partial charge >= 0.3 is 5.97 Å². The minimum atomic E-state index is -1.04. The normalized spacial score (nSPS) is 12.3. The van der Waals surface area contributed by atoms with Gasteiger partial charge in [0.15, 0.2) is 0 Å². The fourth-order valence-corrected chi connectivity index (χ4v) is 2.04. The summed E-state index contributed by atoms with van der Waals surface area (Å²) in [6, 6.07) is 5.86. The SMILES string of the molecule is CC(C)C(NC(=O)c1cccc(OCCCN(C)C)c1)C(=O)O. The van der Waals surface area contributed by atoms with E-state index in [2.05, 4.69) is 10.2 Å². The Kier molecular flexibility index (Phi) is 7.54. The van der Waals surface area contributed by atoms with Crippen LogP contribution in [-0.2, 0) is 4.79 Å². The van der Waals surface area contributed by atoms with Gasteiger partial charge in [0.05, 0.1) is 6.61 Å². The van der Waals surface area contributed by atoms with E-state index in [1.165, 1.54) is 0 Å². The van der Waals surface area contributed by atoms with E-state index in [1.807, 2.05) is 14.1 Å². The number of carbonyl (C=O) groups is 2. The van der Waals surface area contributed by atoms with E-state index in [0.29, 0.717) is 17.9 Å². The average molecular weight is 322 g/mol. The zero-order chi connectivity index (χ0) is 17.4. The molecule has 0 aliphatic carbocycles. The zero-order valence-electron chi connectivity index (χ0n) is 14.2. The lowest BCUT2D eigenvalue weighted by Gasteiger charge is -2.18. The largest absolute Gasteiger partial charge is 0.494 e. The number of carboxylic acids is 1. The molecule has 1 aromatic carbocycles. The molecule has 0 spiro atoms. The summed E-state index contributed by atoms with van der Waals surface area (Å²) in [6.45, 7) is 4.99. The smallest absolute Gasteiger partial charge is 0.326 e. The molecule has 1 aromatic rings. The van der Waals surface area contributed by atoms with Gasteiger partial charge in [-0.05, 0) is 44.6 Å². The van der Waals surface area contributed by atoms with Gasteiger partial charge in [0.2, 0.25) is 0 Å². The molecule has 0 saturated heterocycles. The quantitative estimate of drug-likeness (QED) is 0.678. The van der Waals surface area contributed by atoms with Crippen molar-refractivity contribution >= 4 is 11.9 Å². The molecule has 1 amide bonds. The minimum absolute atomic E-state index is 0.193. The number of aliphatic carboxylic acids is 1. The molecule has 0 aliphatic rings. The van der Waals surface area contributed by atoms with Crippen molar-refractivity contribution in [2.24, 2.45) is 5.92 Å². The summed E-state index contributed by atoms with van der Waals surface area (Å²) in [5, 5.41) is 11.7. The standard InChI is InChI=1S/C17H26N2O4/c1-12(2)15(17(21)22)18-16(20)13-7-5-8-14(11-13)23-10-6-9-19(3)4/h5,7-8,11-12,15H,6,9-10H2,1-4H3,(H,18,20)(H,21,22). The van der Waals surface area contributed by atoms with Gasteiger partial charge in [0.25, 0.3) is 5.91 Å². The van der Waals surface area contributed by atoms with E-state index in [-0.39, 0.29) is 5.92 Å². The Morgan fingerprint density at radius 3 is 2.57 bits per heavy atom. The Morgan fingerprint density at radius 1 is 1.30 bits per heavy atom. The van der Waals surface area contributed by atoms with E-state index >= 15 is 0 Å². The summed E-state index contributed by atoms with van der Waals surface area (Å²) in [7, 11) is 4.00. The number of carboxylic acid groups (broad SMARTS) is 1. The molecule has 1 unspecified atom stereocenters. The van der Waals surface area contributed by atoms with Gasteiger partial charge in [-0.3, -0.25) is 4.79 Å². The molecule has 0 radical (unpaired) electrons. The lowest BCUT2D eigenvalue weighted by Crippen LogP contribution is -2.44. The molecule has 0 aliphatic heterocycles. The van der Waals surface area contributed by atoms with Crippen LogP contribution >= 0.6 is 0 Å². The maximum atomic E-state index is 12.2. The maximum Gasteiger partial charge on any atom is 0.326 e. The molecule has 1 atom stereocenters. The lowest BCUT2D eigenvalue weighted by atomic mass is 10.0. The van der Waals surface area contributed by atoms with Crippen LogP contribution in [0.1, 0.15) is 30.6 Å². The van der Waals surface area contributed by atoms with Crippen molar-refractivity contribution in [2.45, 2.75) is 26.3 Å². The molecule has 0 saturated carbocycles. The first-order valence-corrected chi connectivity index (χ1v) is 7.72. The Balaban J connectivity index is 2.64. The third kappa shape index (κ3) is 6.69. The summed E-state index contributed by atoms with van der Waals surface area (Å²) in [5.41, 5.74) is 0.391. The number of benzene rings is 1. The molecule has 23 heavy (non-hydrogen) atoms. The van der Waals surface area contributed by atoms with Gasteiger partial charge in [0, 0.05) is 12.1 Å². The molecule has 0 fully saturated rings. The molecular formula is C17H26N2O4. The number of carbonyl (C=O) groups excluding carboxylic acids is 1. The molecule has 0 aromatic heterocycles. The van der Waals surface area contributed by atoms with Crippen molar-refractivity contribution in [3.63, 3.8) is 0 Å². The molecule has 0 heterocycles. The highest BCUT2D eigenvalue weighted by Crippen LogP contribution is 2.14. The minimum Gasteiger partial charge on any atom is -0.494 e. The van der Waals surface area contributed by atoms with Crippen molar-refractivity contribution in [3.05, 3.63) is 29.8 Å². The molecule has 0 bridgehead atoms. The fourth-order valence-electron chi connectivity index (χ4n) is 2.04. The van der Waals surface area contributed by atoms with E-state index in [9.17, 15) is 9.59 Å². The van der Waals surface area contributed by atoms with Crippen LogP contribution in [0.2, 0.25) is 0 Å². The van der Waals surface area contributed by atoms with Gasteiger partial charge in [-0.15, -0.1) is 0 Å². The second-order valence-corrected chi connectivity index (χ2v) is 6.07.